The molecule has 3 heteroatoms. The summed E-state index contributed by atoms with van der Waals surface area (Å²) in [6.45, 7) is 4.09. The SMILES string of the molecule is Cc1cccc(C)c1N=Cc1ccc(Cl)cc1Cl. The van der Waals surface area contributed by atoms with Crippen molar-refractivity contribution in [3.8, 4) is 0 Å². The molecule has 0 unspecified atom stereocenters. The van der Waals surface area contributed by atoms with Crippen LogP contribution in [0.1, 0.15) is 16.7 Å². The van der Waals surface area contributed by atoms with Crippen molar-refractivity contribution in [1.82, 2.24) is 0 Å². The zero-order valence-electron chi connectivity index (χ0n) is 10.2. The van der Waals surface area contributed by atoms with Gasteiger partial charge in [-0.05, 0) is 37.1 Å². The normalized spacial score (nSPS) is 11.1. The van der Waals surface area contributed by atoms with Crippen LogP contribution in [0.3, 0.4) is 0 Å². The van der Waals surface area contributed by atoms with Crippen molar-refractivity contribution in [2.24, 2.45) is 4.99 Å². The summed E-state index contributed by atoms with van der Waals surface area (Å²) in [7, 11) is 0. The first kappa shape index (κ1) is 13.1. The summed E-state index contributed by atoms with van der Waals surface area (Å²) in [5.41, 5.74) is 4.15. The van der Waals surface area contributed by atoms with Crippen LogP contribution in [0.15, 0.2) is 41.4 Å². The van der Waals surface area contributed by atoms with E-state index in [2.05, 4.69) is 4.99 Å². The van der Waals surface area contributed by atoms with E-state index in [1.165, 1.54) is 0 Å². The molecule has 0 spiro atoms. The summed E-state index contributed by atoms with van der Waals surface area (Å²) in [6, 6.07) is 11.5. The van der Waals surface area contributed by atoms with Crippen LogP contribution in [-0.2, 0) is 0 Å². The number of aliphatic imine (C=N–C) groups is 1. The number of halogens is 2. The van der Waals surface area contributed by atoms with E-state index < -0.39 is 0 Å². The van der Waals surface area contributed by atoms with Crippen LogP contribution in [0, 0.1) is 13.8 Å². The molecule has 0 saturated carbocycles. The van der Waals surface area contributed by atoms with Crippen molar-refractivity contribution in [2.75, 3.05) is 0 Å². The Kier molecular flexibility index (Phi) is 4.05. The first-order valence-electron chi connectivity index (χ1n) is 5.63. The van der Waals surface area contributed by atoms with Gasteiger partial charge >= 0.3 is 0 Å². The lowest BCUT2D eigenvalue weighted by Crippen LogP contribution is -1.85. The first-order valence-corrected chi connectivity index (χ1v) is 6.39. The highest BCUT2D eigenvalue weighted by Crippen LogP contribution is 2.24. The van der Waals surface area contributed by atoms with E-state index in [9.17, 15) is 0 Å². The van der Waals surface area contributed by atoms with Crippen molar-refractivity contribution >= 4 is 35.1 Å². The molecule has 0 radical (unpaired) electrons. The summed E-state index contributed by atoms with van der Waals surface area (Å²) < 4.78 is 0. The van der Waals surface area contributed by atoms with Crippen LogP contribution in [-0.4, -0.2) is 6.21 Å². The molecule has 92 valence electrons. The lowest BCUT2D eigenvalue weighted by atomic mass is 10.1. The Balaban J connectivity index is 2.36. The number of para-hydroxylation sites is 1. The predicted molar refractivity (Wildman–Crippen MR) is 79.6 cm³/mol. The largest absolute Gasteiger partial charge is 0.256 e. The molecule has 0 saturated heterocycles. The molecule has 18 heavy (non-hydrogen) atoms. The van der Waals surface area contributed by atoms with Gasteiger partial charge in [0.1, 0.15) is 0 Å². The van der Waals surface area contributed by atoms with Gasteiger partial charge in [0.15, 0.2) is 0 Å². The average Bonchev–Trinajstić information content (AvgIpc) is 2.31. The second kappa shape index (κ2) is 5.55. The third-order valence-electron chi connectivity index (χ3n) is 2.73. The van der Waals surface area contributed by atoms with Crippen LogP contribution >= 0.6 is 23.2 Å². The molecule has 0 aliphatic rings. The molecular formula is C15H13Cl2N. The lowest BCUT2D eigenvalue weighted by Gasteiger charge is -2.04. The van der Waals surface area contributed by atoms with Crippen LogP contribution in [0.25, 0.3) is 0 Å². The van der Waals surface area contributed by atoms with E-state index in [1.807, 2.05) is 38.1 Å². The predicted octanol–water partition coefficient (Wildman–Crippen LogP) is 5.36. The standard InChI is InChI=1S/C15H13Cl2N/c1-10-4-3-5-11(2)15(10)18-9-12-6-7-13(16)8-14(12)17/h3-9H,1-2H3. The molecular weight excluding hydrogens is 265 g/mol. The monoisotopic (exact) mass is 277 g/mol. The molecule has 0 N–H and O–H groups in total. The quantitative estimate of drug-likeness (QED) is 0.655. The third kappa shape index (κ3) is 2.92. The Labute approximate surface area is 117 Å². The molecule has 0 heterocycles. The van der Waals surface area contributed by atoms with Gasteiger partial charge in [-0.15, -0.1) is 0 Å². The van der Waals surface area contributed by atoms with Crippen LogP contribution in [0.4, 0.5) is 5.69 Å². The van der Waals surface area contributed by atoms with E-state index in [1.54, 1.807) is 18.3 Å². The second-order valence-electron chi connectivity index (χ2n) is 4.16. The highest BCUT2D eigenvalue weighted by molar-refractivity contribution is 6.36. The molecule has 1 nitrogen and oxygen atoms in total. The minimum atomic E-state index is 0.609. The fourth-order valence-corrected chi connectivity index (χ4v) is 2.21. The molecule has 2 aromatic carbocycles. The van der Waals surface area contributed by atoms with Gasteiger partial charge in [0.25, 0.3) is 0 Å². The molecule has 0 fully saturated rings. The Hall–Kier alpha value is -1.31. The summed E-state index contributed by atoms with van der Waals surface area (Å²) in [4.78, 5) is 4.51. The summed E-state index contributed by atoms with van der Waals surface area (Å²) in [6.07, 6.45) is 1.77. The molecule has 0 amide bonds. The van der Waals surface area contributed by atoms with E-state index >= 15 is 0 Å². The molecule has 0 aliphatic carbocycles. The van der Waals surface area contributed by atoms with Gasteiger partial charge in [-0.25, -0.2) is 0 Å². The maximum absolute atomic E-state index is 6.10. The lowest BCUT2D eigenvalue weighted by molar-refractivity contribution is 1.33. The fraction of sp³-hybridized carbons (Fsp3) is 0.133. The zero-order valence-corrected chi connectivity index (χ0v) is 11.8. The van der Waals surface area contributed by atoms with Crippen molar-refractivity contribution in [2.45, 2.75) is 13.8 Å². The van der Waals surface area contributed by atoms with E-state index in [4.69, 9.17) is 23.2 Å². The Morgan fingerprint density at radius 1 is 1.00 bits per heavy atom. The van der Waals surface area contributed by atoms with Gasteiger partial charge in [-0.3, -0.25) is 4.99 Å². The Morgan fingerprint density at radius 3 is 2.28 bits per heavy atom. The number of nitrogens with zero attached hydrogens (tertiary/aromatic N) is 1. The topological polar surface area (TPSA) is 12.4 Å². The van der Waals surface area contributed by atoms with Crippen molar-refractivity contribution in [3.05, 3.63) is 63.1 Å². The number of aryl methyl sites for hydroxylation is 2. The summed E-state index contributed by atoms with van der Waals surface area (Å²) in [5, 5.41) is 1.24. The maximum atomic E-state index is 6.10. The highest BCUT2D eigenvalue weighted by Gasteiger charge is 2.01. The van der Waals surface area contributed by atoms with E-state index in [0.29, 0.717) is 10.0 Å². The Morgan fingerprint density at radius 2 is 1.67 bits per heavy atom. The number of hydrogen-bond donors (Lipinski definition) is 0. The van der Waals surface area contributed by atoms with E-state index in [0.717, 1.165) is 22.4 Å². The minimum Gasteiger partial charge on any atom is -0.256 e. The molecule has 0 aliphatic heterocycles. The fourth-order valence-electron chi connectivity index (χ4n) is 1.75. The van der Waals surface area contributed by atoms with Crippen molar-refractivity contribution in [1.29, 1.82) is 0 Å². The molecule has 0 atom stereocenters. The average molecular weight is 278 g/mol. The molecule has 2 aromatic rings. The van der Waals surface area contributed by atoms with Crippen LogP contribution in [0.5, 0.6) is 0 Å². The van der Waals surface area contributed by atoms with Gasteiger partial charge in [-0.2, -0.15) is 0 Å². The number of benzene rings is 2. The van der Waals surface area contributed by atoms with Crippen molar-refractivity contribution < 1.29 is 0 Å². The highest BCUT2D eigenvalue weighted by atomic mass is 35.5. The van der Waals surface area contributed by atoms with Gasteiger partial charge in [-0.1, -0.05) is 47.5 Å². The number of rotatable bonds is 2. The molecule has 2 rings (SSSR count). The van der Waals surface area contributed by atoms with Gasteiger partial charge < -0.3 is 0 Å². The summed E-state index contributed by atoms with van der Waals surface area (Å²) in [5.74, 6) is 0. The van der Waals surface area contributed by atoms with Crippen LogP contribution < -0.4 is 0 Å². The number of hydrogen-bond acceptors (Lipinski definition) is 1. The van der Waals surface area contributed by atoms with Gasteiger partial charge in [0, 0.05) is 16.8 Å². The first-order chi connectivity index (χ1) is 8.58. The molecule has 0 aromatic heterocycles. The molecule has 0 bridgehead atoms. The van der Waals surface area contributed by atoms with Crippen molar-refractivity contribution in [3.63, 3.8) is 0 Å². The van der Waals surface area contributed by atoms with Crippen LogP contribution in [0.2, 0.25) is 10.0 Å². The maximum Gasteiger partial charge on any atom is 0.0688 e. The Bertz CT molecular complexity index is 583. The minimum absolute atomic E-state index is 0.609. The van der Waals surface area contributed by atoms with E-state index in [-0.39, 0.29) is 0 Å². The third-order valence-corrected chi connectivity index (χ3v) is 3.30. The van der Waals surface area contributed by atoms with Gasteiger partial charge in [0.2, 0.25) is 0 Å². The summed E-state index contributed by atoms with van der Waals surface area (Å²) >= 11 is 12.0. The zero-order chi connectivity index (χ0) is 13.1. The smallest absolute Gasteiger partial charge is 0.0688 e. The van der Waals surface area contributed by atoms with Gasteiger partial charge in [0.05, 0.1) is 10.7 Å². The second-order valence-corrected chi connectivity index (χ2v) is 5.01.